The molecule has 19 heavy (non-hydrogen) atoms. The van der Waals surface area contributed by atoms with Gasteiger partial charge in [0.25, 0.3) is 0 Å². The molecule has 0 radical (unpaired) electrons. The van der Waals surface area contributed by atoms with Gasteiger partial charge < -0.3 is 15.0 Å². The molecule has 3 nitrogen and oxygen atoms in total. The van der Waals surface area contributed by atoms with Crippen molar-refractivity contribution >= 4 is 5.69 Å². The van der Waals surface area contributed by atoms with E-state index in [1.165, 1.54) is 36.2 Å². The SMILES string of the molecule is COCCNCc1ccc(N(C)CC2CC2)cc1C. The van der Waals surface area contributed by atoms with Gasteiger partial charge in [-0.1, -0.05) is 6.07 Å². The van der Waals surface area contributed by atoms with Crippen LogP contribution in [0.2, 0.25) is 0 Å². The van der Waals surface area contributed by atoms with Crippen molar-refractivity contribution in [2.75, 3.05) is 38.8 Å². The average molecular weight is 262 g/mol. The molecule has 1 saturated carbocycles. The van der Waals surface area contributed by atoms with Gasteiger partial charge in [-0.05, 0) is 48.9 Å². The second kappa shape index (κ2) is 6.92. The van der Waals surface area contributed by atoms with E-state index in [2.05, 4.69) is 42.4 Å². The Morgan fingerprint density at radius 2 is 2.16 bits per heavy atom. The fraction of sp³-hybridized carbons (Fsp3) is 0.625. The Labute approximate surface area is 116 Å². The minimum Gasteiger partial charge on any atom is -0.383 e. The van der Waals surface area contributed by atoms with Crippen LogP contribution >= 0.6 is 0 Å². The second-order valence-electron chi connectivity index (χ2n) is 5.60. The third-order valence-corrected chi connectivity index (χ3v) is 3.79. The molecule has 0 aromatic heterocycles. The Hall–Kier alpha value is -1.06. The third-order valence-electron chi connectivity index (χ3n) is 3.79. The van der Waals surface area contributed by atoms with E-state index < -0.39 is 0 Å². The van der Waals surface area contributed by atoms with Crippen LogP contribution in [-0.4, -0.2) is 33.9 Å². The smallest absolute Gasteiger partial charge is 0.0587 e. The predicted octanol–water partition coefficient (Wildman–Crippen LogP) is 2.58. The number of nitrogens with zero attached hydrogens (tertiary/aromatic N) is 1. The van der Waals surface area contributed by atoms with Gasteiger partial charge in [0.1, 0.15) is 0 Å². The van der Waals surface area contributed by atoms with Gasteiger partial charge in [0.05, 0.1) is 6.61 Å². The van der Waals surface area contributed by atoms with Crippen LogP contribution in [0.4, 0.5) is 5.69 Å². The maximum atomic E-state index is 5.03. The van der Waals surface area contributed by atoms with Crippen molar-refractivity contribution in [3.05, 3.63) is 29.3 Å². The number of ether oxygens (including phenoxy) is 1. The van der Waals surface area contributed by atoms with Gasteiger partial charge in [-0.25, -0.2) is 0 Å². The minimum absolute atomic E-state index is 0.765. The zero-order chi connectivity index (χ0) is 13.7. The summed E-state index contributed by atoms with van der Waals surface area (Å²) in [5.74, 6) is 0.931. The van der Waals surface area contributed by atoms with Gasteiger partial charge in [0, 0.05) is 39.5 Å². The van der Waals surface area contributed by atoms with E-state index in [1.807, 2.05) is 0 Å². The zero-order valence-corrected chi connectivity index (χ0v) is 12.4. The maximum absolute atomic E-state index is 5.03. The molecule has 1 aromatic carbocycles. The molecule has 1 N–H and O–H groups in total. The molecule has 1 aliphatic carbocycles. The van der Waals surface area contributed by atoms with Gasteiger partial charge in [-0.15, -0.1) is 0 Å². The topological polar surface area (TPSA) is 24.5 Å². The molecule has 3 heteroatoms. The molecule has 0 saturated heterocycles. The fourth-order valence-corrected chi connectivity index (χ4v) is 2.31. The number of hydrogen-bond donors (Lipinski definition) is 1. The zero-order valence-electron chi connectivity index (χ0n) is 12.4. The van der Waals surface area contributed by atoms with Gasteiger partial charge in [0.2, 0.25) is 0 Å². The number of benzene rings is 1. The van der Waals surface area contributed by atoms with Crippen LogP contribution in [-0.2, 0) is 11.3 Å². The Morgan fingerprint density at radius 3 is 2.79 bits per heavy atom. The van der Waals surface area contributed by atoms with Crippen LogP contribution in [0.5, 0.6) is 0 Å². The molecule has 2 rings (SSSR count). The van der Waals surface area contributed by atoms with Gasteiger partial charge in [0.15, 0.2) is 0 Å². The van der Waals surface area contributed by atoms with Crippen LogP contribution in [0.3, 0.4) is 0 Å². The number of nitrogens with one attached hydrogen (secondary N) is 1. The Balaban J connectivity index is 1.88. The quantitative estimate of drug-likeness (QED) is 0.729. The van der Waals surface area contributed by atoms with Crippen molar-refractivity contribution < 1.29 is 4.74 Å². The average Bonchev–Trinajstić information content (AvgIpc) is 3.20. The highest BCUT2D eigenvalue weighted by molar-refractivity contribution is 5.50. The molecule has 1 fully saturated rings. The Kier molecular flexibility index (Phi) is 5.23. The van der Waals surface area contributed by atoms with E-state index in [9.17, 15) is 0 Å². The summed E-state index contributed by atoms with van der Waals surface area (Å²) < 4.78 is 5.03. The normalized spacial score (nSPS) is 14.7. The van der Waals surface area contributed by atoms with Crippen molar-refractivity contribution in [2.45, 2.75) is 26.3 Å². The summed E-state index contributed by atoms with van der Waals surface area (Å²) in [4.78, 5) is 2.38. The van der Waals surface area contributed by atoms with Crippen LogP contribution in [0.1, 0.15) is 24.0 Å². The standard InChI is InChI=1S/C16H26N2O/c1-13-10-16(18(2)12-14-4-5-14)7-6-15(13)11-17-8-9-19-3/h6-7,10,14,17H,4-5,8-9,11-12H2,1-3H3. The lowest BCUT2D eigenvalue weighted by Crippen LogP contribution is -2.21. The first-order chi connectivity index (χ1) is 9.20. The van der Waals surface area contributed by atoms with Crippen LogP contribution in [0, 0.1) is 12.8 Å². The van der Waals surface area contributed by atoms with Gasteiger partial charge >= 0.3 is 0 Å². The Morgan fingerprint density at radius 1 is 1.37 bits per heavy atom. The van der Waals surface area contributed by atoms with E-state index in [0.29, 0.717) is 0 Å². The molecular weight excluding hydrogens is 236 g/mol. The lowest BCUT2D eigenvalue weighted by atomic mass is 10.1. The summed E-state index contributed by atoms with van der Waals surface area (Å²) in [5.41, 5.74) is 4.08. The molecule has 0 spiro atoms. The molecule has 106 valence electrons. The molecule has 0 heterocycles. The maximum Gasteiger partial charge on any atom is 0.0587 e. The molecule has 0 atom stereocenters. The summed E-state index contributed by atoms with van der Waals surface area (Å²) in [7, 11) is 3.93. The Bertz CT molecular complexity index is 402. The number of methoxy groups -OCH3 is 1. The molecular formula is C16H26N2O. The summed E-state index contributed by atoms with van der Waals surface area (Å²) >= 11 is 0. The number of rotatable bonds is 8. The third kappa shape index (κ3) is 4.51. The first-order valence-electron chi connectivity index (χ1n) is 7.21. The number of anilines is 1. The monoisotopic (exact) mass is 262 g/mol. The van der Waals surface area contributed by atoms with Crippen molar-refractivity contribution in [3.8, 4) is 0 Å². The predicted molar refractivity (Wildman–Crippen MR) is 80.8 cm³/mol. The molecule has 0 bridgehead atoms. The summed E-state index contributed by atoms with van der Waals surface area (Å²) in [6, 6.07) is 6.78. The van der Waals surface area contributed by atoms with Crippen LogP contribution in [0.15, 0.2) is 18.2 Å². The molecule has 1 aromatic rings. The van der Waals surface area contributed by atoms with Gasteiger partial charge in [-0.3, -0.25) is 0 Å². The molecule has 1 aliphatic rings. The molecule has 0 unspecified atom stereocenters. The van der Waals surface area contributed by atoms with Crippen molar-refractivity contribution in [3.63, 3.8) is 0 Å². The molecule has 0 amide bonds. The van der Waals surface area contributed by atoms with E-state index in [-0.39, 0.29) is 0 Å². The van der Waals surface area contributed by atoms with Crippen molar-refractivity contribution in [2.24, 2.45) is 5.92 Å². The molecule has 0 aliphatic heterocycles. The minimum atomic E-state index is 0.765. The lowest BCUT2D eigenvalue weighted by Gasteiger charge is -2.20. The van der Waals surface area contributed by atoms with E-state index in [1.54, 1.807) is 7.11 Å². The van der Waals surface area contributed by atoms with Crippen LogP contribution in [0.25, 0.3) is 0 Å². The number of aryl methyl sites for hydroxylation is 1. The van der Waals surface area contributed by atoms with Gasteiger partial charge in [-0.2, -0.15) is 0 Å². The highest BCUT2D eigenvalue weighted by Crippen LogP contribution is 2.31. The van der Waals surface area contributed by atoms with Crippen LogP contribution < -0.4 is 10.2 Å². The van der Waals surface area contributed by atoms with Crippen molar-refractivity contribution in [1.82, 2.24) is 5.32 Å². The summed E-state index contributed by atoms with van der Waals surface area (Å²) in [6.07, 6.45) is 2.82. The second-order valence-corrected chi connectivity index (χ2v) is 5.60. The van der Waals surface area contributed by atoms with E-state index >= 15 is 0 Å². The first-order valence-corrected chi connectivity index (χ1v) is 7.21. The summed E-state index contributed by atoms with van der Waals surface area (Å²) in [6.45, 7) is 5.98. The van der Waals surface area contributed by atoms with Crippen molar-refractivity contribution in [1.29, 1.82) is 0 Å². The lowest BCUT2D eigenvalue weighted by molar-refractivity contribution is 0.199. The van der Waals surface area contributed by atoms with E-state index in [4.69, 9.17) is 4.74 Å². The highest BCUT2D eigenvalue weighted by atomic mass is 16.5. The largest absolute Gasteiger partial charge is 0.383 e. The fourth-order valence-electron chi connectivity index (χ4n) is 2.31. The summed E-state index contributed by atoms with van der Waals surface area (Å²) in [5, 5.41) is 3.40. The highest BCUT2D eigenvalue weighted by Gasteiger charge is 2.23. The first kappa shape index (κ1) is 14.4. The van der Waals surface area contributed by atoms with E-state index in [0.717, 1.165) is 25.6 Å². The number of hydrogen-bond acceptors (Lipinski definition) is 3.